The summed E-state index contributed by atoms with van der Waals surface area (Å²) in [4.78, 5) is 4.38. The van der Waals surface area contributed by atoms with Gasteiger partial charge in [0.1, 0.15) is 5.82 Å². The van der Waals surface area contributed by atoms with Gasteiger partial charge in [0.15, 0.2) is 0 Å². The summed E-state index contributed by atoms with van der Waals surface area (Å²) in [6.07, 6.45) is 1.87. The fraction of sp³-hybridized carbons (Fsp3) is 0.214. The van der Waals surface area contributed by atoms with Gasteiger partial charge in [-0.2, -0.15) is 0 Å². The number of hydrogen-bond acceptors (Lipinski definition) is 3. The predicted molar refractivity (Wildman–Crippen MR) is 72.8 cm³/mol. The van der Waals surface area contributed by atoms with Crippen molar-refractivity contribution in [2.45, 2.75) is 19.9 Å². The molecule has 1 aromatic heterocycles. The van der Waals surface area contributed by atoms with Gasteiger partial charge in [-0.15, -0.1) is 0 Å². The molecule has 0 amide bonds. The van der Waals surface area contributed by atoms with E-state index >= 15 is 0 Å². The second-order valence-electron chi connectivity index (χ2n) is 4.35. The van der Waals surface area contributed by atoms with Crippen molar-refractivity contribution in [1.29, 1.82) is 0 Å². The third-order valence-electron chi connectivity index (χ3n) is 2.44. The maximum atomic E-state index is 5.66. The number of nitrogen functional groups attached to an aromatic ring is 1. The van der Waals surface area contributed by atoms with Crippen LogP contribution in [0.15, 0.2) is 42.6 Å². The van der Waals surface area contributed by atoms with Gasteiger partial charge in [0.25, 0.3) is 0 Å². The molecule has 1 aromatic carbocycles. The molecule has 0 radical (unpaired) electrons. The van der Waals surface area contributed by atoms with Crippen LogP contribution >= 0.6 is 0 Å². The quantitative estimate of drug-likeness (QED) is 0.792. The number of nitrogens with two attached hydrogens (primary N) is 1. The highest BCUT2D eigenvalue weighted by Crippen LogP contribution is 2.20. The van der Waals surface area contributed by atoms with Crippen LogP contribution in [0, 0.1) is 0 Å². The number of pyridine rings is 1. The van der Waals surface area contributed by atoms with Gasteiger partial charge in [0.2, 0.25) is 0 Å². The van der Waals surface area contributed by atoms with Crippen LogP contribution in [-0.4, -0.2) is 11.0 Å². The first kappa shape index (κ1) is 11.5. The Bertz CT molecular complexity index is 472. The molecule has 0 aliphatic heterocycles. The molecule has 1 heterocycles. The lowest BCUT2D eigenvalue weighted by Crippen LogP contribution is -2.10. The van der Waals surface area contributed by atoms with Crippen LogP contribution in [0.4, 0.5) is 11.5 Å². The number of anilines is 2. The third kappa shape index (κ3) is 2.97. The van der Waals surface area contributed by atoms with Gasteiger partial charge in [-0.05, 0) is 43.7 Å². The summed E-state index contributed by atoms with van der Waals surface area (Å²) in [5.74, 6) is 0.902. The van der Waals surface area contributed by atoms with E-state index in [2.05, 4.69) is 30.2 Å². The van der Waals surface area contributed by atoms with Crippen molar-refractivity contribution in [3.63, 3.8) is 0 Å². The van der Waals surface area contributed by atoms with E-state index in [9.17, 15) is 0 Å². The molecular weight excluding hydrogens is 210 g/mol. The van der Waals surface area contributed by atoms with Gasteiger partial charge in [-0.1, -0.05) is 12.1 Å². The van der Waals surface area contributed by atoms with Crippen LogP contribution in [-0.2, 0) is 0 Å². The van der Waals surface area contributed by atoms with Crippen molar-refractivity contribution in [3.8, 4) is 11.1 Å². The summed E-state index contributed by atoms with van der Waals surface area (Å²) in [5, 5.41) is 3.26. The van der Waals surface area contributed by atoms with Crippen molar-refractivity contribution < 1.29 is 0 Å². The van der Waals surface area contributed by atoms with E-state index in [0.717, 1.165) is 22.6 Å². The normalized spacial score (nSPS) is 10.5. The van der Waals surface area contributed by atoms with Crippen LogP contribution in [0.3, 0.4) is 0 Å². The number of rotatable bonds is 3. The second kappa shape index (κ2) is 4.87. The standard InChI is InChI=1S/C14H17N3/c1-10(2)17-14-8-5-12(9-16-14)11-3-6-13(15)7-4-11/h3-10H,15H2,1-2H3,(H,16,17). The third-order valence-corrected chi connectivity index (χ3v) is 2.44. The fourth-order valence-corrected chi connectivity index (χ4v) is 1.62. The largest absolute Gasteiger partial charge is 0.399 e. The Balaban J connectivity index is 2.20. The number of nitrogens with zero attached hydrogens (tertiary/aromatic N) is 1. The number of benzene rings is 1. The van der Waals surface area contributed by atoms with Gasteiger partial charge >= 0.3 is 0 Å². The molecule has 0 spiro atoms. The van der Waals surface area contributed by atoms with Crippen LogP contribution < -0.4 is 11.1 Å². The highest BCUT2D eigenvalue weighted by atomic mass is 15.0. The minimum absolute atomic E-state index is 0.393. The Labute approximate surface area is 102 Å². The molecule has 17 heavy (non-hydrogen) atoms. The summed E-state index contributed by atoms with van der Waals surface area (Å²) in [6, 6.07) is 12.2. The number of hydrogen-bond donors (Lipinski definition) is 2. The number of aromatic nitrogens is 1. The summed E-state index contributed by atoms with van der Waals surface area (Å²) in [5.41, 5.74) is 8.66. The van der Waals surface area contributed by atoms with Crippen LogP contribution in [0.1, 0.15) is 13.8 Å². The average molecular weight is 227 g/mol. The lowest BCUT2D eigenvalue weighted by atomic mass is 10.1. The molecule has 2 rings (SSSR count). The Morgan fingerprint density at radius 2 is 1.65 bits per heavy atom. The molecule has 0 fully saturated rings. The Kier molecular flexibility index (Phi) is 3.28. The van der Waals surface area contributed by atoms with E-state index in [0.29, 0.717) is 6.04 Å². The monoisotopic (exact) mass is 227 g/mol. The maximum absolute atomic E-state index is 5.66. The molecule has 0 saturated carbocycles. The zero-order chi connectivity index (χ0) is 12.3. The highest BCUT2D eigenvalue weighted by molar-refractivity contribution is 5.65. The zero-order valence-corrected chi connectivity index (χ0v) is 10.1. The topological polar surface area (TPSA) is 50.9 Å². The summed E-state index contributed by atoms with van der Waals surface area (Å²) >= 11 is 0. The smallest absolute Gasteiger partial charge is 0.126 e. The zero-order valence-electron chi connectivity index (χ0n) is 10.1. The summed E-state index contributed by atoms with van der Waals surface area (Å²) < 4.78 is 0. The first-order chi connectivity index (χ1) is 8.15. The Morgan fingerprint density at radius 1 is 1.00 bits per heavy atom. The second-order valence-corrected chi connectivity index (χ2v) is 4.35. The minimum atomic E-state index is 0.393. The van der Waals surface area contributed by atoms with E-state index in [-0.39, 0.29) is 0 Å². The molecule has 0 aliphatic rings. The highest BCUT2D eigenvalue weighted by Gasteiger charge is 2.00. The Morgan fingerprint density at radius 3 is 2.18 bits per heavy atom. The van der Waals surface area contributed by atoms with Crippen LogP contribution in [0.2, 0.25) is 0 Å². The molecule has 2 aromatic rings. The van der Waals surface area contributed by atoms with E-state index in [4.69, 9.17) is 5.73 Å². The van der Waals surface area contributed by atoms with Crippen molar-refractivity contribution in [3.05, 3.63) is 42.6 Å². The molecule has 0 saturated heterocycles. The predicted octanol–water partition coefficient (Wildman–Crippen LogP) is 3.15. The Hall–Kier alpha value is -2.03. The average Bonchev–Trinajstić information content (AvgIpc) is 2.30. The van der Waals surface area contributed by atoms with Crippen molar-refractivity contribution in [2.24, 2.45) is 0 Å². The summed E-state index contributed by atoms with van der Waals surface area (Å²) in [7, 11) is 0. The first-order valence-corrected chi connectivity index (χ1v) is 5.73. The van der Waals surface area contributed by atoms with Gasteiger partial charge in [0, 0.05) is 23.5 Å². The molecule has 0 aliphatic carbocycles. The van der Waals surface area contributed by atoms with Crippen molar-refractivity contribution in [2.75, 3.05) is 11.1 Å². The fourth-order valence-electron chi connectivity index (χ4n) is 1.62. The van der Waals surface area contributed by atoms with Gasteiger partial charge in [0.05, 0.1) is 0 Å². The van der Waals surface area contributed by atoms with E-state index in [1.54, 1.807) is 0 Å². The van der Waals surface area contributed by atoms with Crippen molar-refractivity contribution in [1.82, 2.24) is 4.98 Å². The van der Waals surface area contributed by atoms with E-state index in [1.807, 2.05) is 36.5 Å². The van der Waals surface area contributed by atoms with Crippen LogP contribution in [0.25, 0.3) is 11.1 Å². The number of nitrogens with one attached hydrogen (secondary N) is 1. The molecule has 3 nitrogen and oxygen atoms in total. The van der Waals surface area contributed by atoms with Crippen LogP contribution in [0.5, 0.6) is 0 Å². The SMILES string of the molecule is CC(C)Nc1ccc(-c2ccc(N)cc2)cn1. The van der Waals surface area contributed by atoms with Gasteiger partial charge in [-0.3, -0.25) is 0 Å². The van der Waals surface area contributed by atoms with E-state index in [1.165, 1.54) is 0 Å². The molecule has 0 unspecified atom stereocenters. The van der Waals surface area contributed by atoms with Gasteiger partial charge < -0.3 is 11.1 Å². The molecule has 3 heteroatoms. The molecule has 3 N–H and O–H groups in total. The first-order valence-electron chi connectivity index (χ1n) is 5.73. The molecular formula is C14H17N3. The molecule has 0 bridgehead atoms. The van der Waals surface area contributed by atoms with Crippen molar-refractivity contribution >= 4 is 11.5 Å². The molecule has 88 valence electrons. The van der Waals surface area contributed by atoms with Gasteiger partial charge in [-0.25, -0.2) is 4.98 Å². The lowest BCUT2D eigenvalue weighted by Gasteiger charge is -2.09. The lowest BCUT2D eigenvalue weighted by molar-refractivity contribution is 0.889. The minimum Gasteiger partial charge on any atom is -0.399 e. The van der Waals surface area contributed by atoms with E-state index < -0.39 is 0 Å². The summed E-state index contributed by atoms with van der Waals surface area (Å²) in [6.45, 7) is 4.19. The molecule has 0 atom stereocenters. The maximum Gasteiger partial charge on any atom is 0.126 e.